The van der Waals surface area contributed by atoms with Crippen LogP contribution < -0.4 is 21.3 Å². The smallest absolute Gasteiger partial charge is 0.332 e. The topological polar surface area (TPSA) is 82.3 Å². The Morgan fingerprint density at radius 2 is 1.78 bits per heavy atom. The van der Waals surface area contributed by atoms with E-state index in [1.807, 2.05) is 62.4 Å². The van der Waals surface area contributed by atoms with Crippen molar-refractivity contribution in [3.63, 3.8) is 0 Å². The summed E-state index contributed by atoms with van der Waals surface area (Å²) < 4.78 is 8.43. The lowest BCUT2D eigenvalue weighted by Gasteiger charge is -2.13. The van der Waals surface area contributed by atoms with Crippen LogP contribution in [0, 0.1) is 6.92 Å². The van der Waals surface area contributed by atoms with Crippen molar-refractivity contribution in [1.29, 1.82) is 0 Å². The standard InChI is InChI=1S/C24H23N3O4S/c1-3-31-18-10-8-17(9-11-18)14-27-23(29)22-20(12-13-32-22)26(24(27)30)15-21(28)25-19-7-5-4-6-16(19)2/h4-13H,3,14-15H2,1-2H3,(H,25,28). The molecule has 0 bridgehead atoms. The lowest BCUT2D eigenvalue weighted by molar-refractivity contribution is -0.116. The molecule has 1 amide bonds. The van der Waals surface area contributed by atoms with Crippen molar-refractivity contribution in [2.45, 2.75) is 26.9 Å². The van der Waals surface area contributed by atoms with E-state index in [0.29, 0.717) is 22.5 Å². The number of aryl methyl sites for hydroxylation is 1. The highest BCUT2D eigenvalue weighted by atomic mass is 32.1. The van der Waals surface area contributed by atoms with Crippen molar-refractivity contribution >= 4 is 33.1 Å². The number of anilines is 1. The molecule has 0 spiro atoms. The van der Waals surface area contributed by atoms with Gasteiger partial charge in [0.1, 0.15) is 17.0 Å². The zero-order chi connectivity index (χ0) is 22.7. The van der Waals surface area contributed by atoms with Gasteiger partial charge in [0.05, 0.1) is 18.7 Å². The van der Waals surface area contributed by atoms with E-state index in [9.17, 15) is 14.4 Å². The summed E-state index contributed by atoms with van der Waals surface area (Å²) in [4.78, 5) is 39.0. The summed E-state index contributed by atoms with van der Waals surface area (Å²) in [6.07, 6.45) is 0. The number of benzene rings is 2. The van der Waals surface area contributed by atoms with Gasteiger partial charge in [0, 0.05) is 5.69 Å². The number of hydrogen-bond acceptors (Lipinski definition) is 5. The second-order valence-corrected chi connectivity index (χ2v) is 8.25. The van der Waals surface area contributed by atoms with Crippen LogP contribution >= 0.6 is 11.3 Å². The minimum Gasteiger partial charge on any atom is -0.494 e. The van der Waals surface area contributed by atoms with E-state index in [-0.39, 0.29) is 24.6 Å². The zero-order valence-corrected chi connectivity index (χ0v) is 18.6. The molecule has 2 aromatic heterocycles. The van der Waals surface area contributed by atoms with E-state index in [4.69, 9.17) is 4.74 Å². The Morgan fingerprint density at radius 3 is 2.50 bits per heavy atom. The molecular weight excluding hydrogens is 426 g/mol. The van der Waals surface area contributed by atoms with Gasteiger partial charge >= 0.3 is 5.69 Å². The SMILES string of the molecule is CCOc1ccc(Cn2c(=O)c3sccc3n(CC(=O)Nc3ccccc3C)c2=O)cc1. The molecule has 32 heavy (non-hydrogen) atoms. The normalized spacial score (nSPS) is 10.9. The molecule has 0 unspecified atom stereocenters. The molecule has 4 rings (SSSR count). The average molecular weight is 450 g/mol. The first-order chi connectivity index (χ1) is 15.5. The molecule has 0 aliphatic rings. The minimum atomic E-state index is -0.519. The van der Waals surface area contributed by atoms with Crippen molar-refractivity contribution in [2.75, 3.05) is 11.9 Å². The van der Waals surface area contributed by atoms with Gasteiger partial charge in [-0.25, -0.2) is 4.79 Å². The quantitative estimate of drug-likeness (QED) is 0.467. The van der Waals surface area contributed by atoms with Gasteiger partial charge in [0.25, 0.3) is 5.56 Å². The van der Waals surface area contributed by atoms with E-state index in [1.165, 1.54) is 20.5 Å². The number of aromatic nitrogens is 2. The van der Waals surface area contributed by atoms with E-state index >= 15 is 0 Å². The maximum absolute atomic E-state index is 13.3. The largest absolute Gasteiger partial charge is 0.494 e. The molecule has 2 heterocycles. The van der Waals surface area contributed by atoms with Gasteiger partial charge in [-0.3, -0.25) is 18.7 Å². The van der Waals surface area contributed by atoms with E-state index < -0.39 is 5.69 Å². The fourth-order valence-electron chi connectivity index (χ4n) is 3.51. The summed E-state index contributed by atoms with van der Waals surface area (Å²) in [7, 11) is 0. The maximum atomic E-state index is 13.3. The summed E-state index contributed by atoms with van der Waals surface area (Å²) in [6.45, 7) is 4.28. The summed E-state index contributed by atoms with van der Waals surface area (Å²) in [6, 6.07) is 16.4. The predicted molar refractivity (Wildman–Crippen MR) is 127 cm³/mol. The monoisotopic (exact) mass is 449 g/mol. The van der Waals surface area contributed by atoms with Crippen LogP contribution in [-0.4, -0.2) is 21.6 Å². The summed E-state index contributed by atoms with van der Waals surface area (Å²) in [5.41, 5.74) is 2.00. The first-order valence-corrected chi connectivity index (χ1v) is 11.1. The van der Waals surface area contributed by atoms with Gasteiger partial charge in [-0.15, -0.1) is 11.3 Å². The van der Waals surface area contributed by atoms with Crippen LogP contribution in [0.3, 0.4) is 0 Å². The lowest BCUT2D eigenvalue weighted by atomic mass is 10.2. The molecular formula is C24H23N3O4S. The molecule has 7 nitrogen and oxygen atoms in total. The van der Waals surface area contributed by atoms with E-state index in [2.05, 4.69) is 5.32 Å². The number of nitrogens with one attached hydrogen (secondary N) is 1. The molecule has 0 aliphatic heterocycles. The third kappa shape index (κ3) is 4.36. The lowest BCUT2D eigenvalue weighted by Crippen LogP contribution is -2.41. The molecule has 1 N–H and O–H groups in total. The number of carbonyl (C=O) groups excluding carboxylic acids is 1. The Kier molecular flexibility index (Phi) is 6.23. The predicted octanol–water partition coefficient (Wildman–Crippen LogP) is 3.62. The first kappa shape index (κ1) is 21.6. The van der Waals surface area contributed by atoms with Crippen molar-refractivity contribution in [3.8, 4) is 5.75 Å². The Labute approximate surface area is 188 Å². The van der Waals surface area contributed by atoms with Crippen LogP contribution in [0.1, 0.15) is 18.1 Å². The Bertz CT molecular complexity index is 1380. The molecule has 0 fully saturated rings. The molecule has 8 heteroatoms. The number of hydrogen-bond donors (Lipinski definition) is 1. The van der Waals surface area contributed by atoms with Crippen molar-refractivity contribution in [2.24, 2.45) is 0 Å². The Morgan fingerprint density at radius 1 is 1.03 bits per heavy atom. The van der Waals surface area contributed by atoms with Crippen molar-refractivity contribution in [3.05, 3.63) is 91.9 Å². The van der Waals surface area contributed by atoms with Crippen LogP contribution in [0.2, 0.25) is 0 Å². The maximum Gasteiger partial charge on any atom is 0.332 e. The van der Waals surface area contributed by atoms with Crippen LogP contribution in [0.4, 0.5) is 5.69 Å². The number of fused-ring (bicyclic) bond motifs is 1. The fraction of sp³-hybridized carbons (Fsp3) is 0.208. The number of amides is 1. The van der Waals surface area contributed by atoms with Crippen molar-refractivity contribution < 1.29 is 9.53 Å². The zero-order valence-electron chi connectivity index (χ0n) is 17.8. The van der Waals surface area contributed by atoms with Gasteiger partial charge in [0.15, 0.2) is 0 Å². The Hall–Kier alpha value is -3.65. The highest BCUT2D eigenvalue weighted by molar-refractivity contribution is 7.17. The van der Waals surface area contributed by atoms with Crippen molar-refractivity contribution in [1.82, 2.24) is 9.13 Å². The van der Waals surface area contributed by atoms with Gasteiger partial charge < -0.3 is 10.1 Å². The number of ether oxygens (including phenoxy) is 1. The van der Waals surface area contributed by atoms with Crippen LogP contribution in [0.15, 0.2) is 69.6 Å². The molecule has 4 aromatic rings. The van der Waals surface area contributed by atoms with E-state index in [0.717, 1.165) is 16.9 Å². The number of carbonyl (C=O) groups is 1. The third-order valence-corrected chi connectivity index (χ3v) is 6.02. The van der Waals surface area contributed by atoms with Crippen LogP contribution in [-0.2, 0) is 17.9 Å². The fourth-order valence-corrected chi connectivity index (χ4v) is 4.36. The molecule has 0 saturated heterocycles. The highest BCUT2D eigenvalue weighted by Gasteiger charge is 2.17. The molecule has 0 radical (unpaired) electrons. The second kappa shape index (κ2) is 9.23. The third-order valence-electron chi connectivity index (χ3n) is 5.13. The summed E-state index contributed by atoms with van der Waals surface area (Å²) in [5.74, 6) is 0.391. The molecule has 0 atom stereocenters. The van der Waals surface area contributed by atoms with Gasteiger partial charge in [-0.05, 0) is 54.6 Å². The van der Waals surface area contributed by atoms with E-state index in [1.54, 1.807) is 11.4 Å². The molecule has 164 valence electrons. The number of rotatable bonds is 7. The summed E-state index contributed by atoms with van der Waals surface area (Å²) in [5, 5.41) is 4.60. The second-order valence-electron chi connectivity index (χ2n) is 7.34. The van der Waals surface area contributed by atoms with Crippen LogP contribution in [0.5, 0.6) is 5.75 Å². The average Bonchev–Trinajstić information content (AvgIpc) is 3.27. The summed E-state index contributed by atoms with van der Waals surface area (Å²) >= 11 is 1.26. The van der Waals surface area contributed by atoms with Crippen LogP contribution in [0.25, 0.3) is 10.2 Å². The Balaban J connectivity index is 1.68. The van der Waals surface area contributed by atoms with Gasteiger partial charge in [0.2, 0.25) is 5.91 Å². The minimum absolute atomic E-state index is 0.108. The van der Waals surface area contributed by atoms with Gasteiger partial charge in [-0.2, -0.15) is 0 Å². The molecule has 0 saturated carbocycles. The number of thiophene rings is 1. The number of para-hydroxylation sites is 1. The molecule has 2 aromatic carbocycles. The van der Waals surface area contributed by atoms with Gasteiger partial charge in [-0.1, -0.05) is 30.3 Å². The molecule has 0 aliphatic carbocycles. The first-order valence-electron chi connectivity index (χ1n) is 10.3. The highest BCUT2D eigenvalue weighted by Crippen LogP contribution is 2.17. The number of nitrogens with zero attached hydrogens (tertiary/aromatic N) is 2.